The van der Waals surface area contributed by atoms with Crippen molar-refractivity contribution in [2.24, 2.45) is 0 Å². The molecule has 1 heterocycles. The van der Waals surface area contributed by atoms with Gasteiger partial charge in [-0.2, -0.15) is 18.4 Å². The van der Waals surface area contributed by atoms with E-state index in [1.165, 1.54) is 12.3 Å². The second-order valence-corrected chi connectivity index (χ2v) is 9.72. The molecule has 1 unspecified atom stereocenters. The molecule has 0 saturated carbocycles. The zero-order chi connectivity index (χ0) is 14.9. The van der Waals surface area contributed by atoms with Crippen molar-refractivity contribution >= 4 is 8.32 Å². The predicted octanol–water partition coefficient (Wildman–Crippen LogP) is 3.58. The van der Waals surface area contributed by atoms with Crippen molar-refractivity contribution in [3.63, 3.8) is 0 Å². The minimum absolute atomic E-state index is 0.0628. The van der Waals surface area contributed by atoms with Gasteiger partial charge in [-0.1, -0.05) is 0 Å². The lowest BCUT2D eigenvalue weighted by Crippen LogP contribution is -2.48. The van der Waals surface area contributed by atoms with E-state index in [-0.39, 0.29) is 11.3 Å². The smallest absolute Gasteiger partial charge is 0.401 e. The number of aromatic nitrogens is 1. The van der Waals surface area contributed by atoms with Crippen LogP contribution < -0.4 is 0 Å². The van der Waals surface area contributed by atoms with E-state index in [9.17, 15) is 13.2 Å². The molecule has 0 aromatic carbocycles. The van der Waals surface area contributed by atoms with Crippen LogP contribution in [0.4, 0.5) is 13.2 Å². The average molecular weight is 288 g/mol. The highest BCUT2D eigenvalue weighted by Gasteiger charge is 2.55. The molecule has 3 nitrogen and oxygen atoms in total. The third-order valence-corrected chi connectivity index (χ3v) is 3.50. The molecular formula is C12H15F3N2OSi. The van der Waals surface area contributed by atoms with Crippen molar-refractivity contribution in [2.45, 2.75) is 38.3 Å². The van der Waals surface area contributed by atoms with Crippen molar-refractivity contribution in [2.75, 3.05) is 0 Å². The van der Waals surface area contributed by atoms with Gasteiger partial charge < -0.3 is 4.43 Å². The Morgan fingerprint density at radius 3 is 2.32 bits per heavy atom. The van der Waals surface area contributed by atoms with Crippen molar-refractivity contribution in [3.05, 3.63) is 29.6 Å². The van der Waals surface area contributed by atoms with Crippen molar-refractivity contribution in [1.29, 1.82) is 5.26 Å². The number of pyridine rings is 1. The maximum Gasteiger partial charge on any atom is 0.420 e. The molecule has 0 saturated heterocycles. The fourth-order valence-electron chi connectivity index (χ4n) is 1.68. The summed E-state index contributed by atoms with van der Waals surface area (Å²) in [4.78, 5) is 3.68. The minimum Gasteiger partial charge on any atom is -0.401 e. The summed E-state index contributed by atoms with van der Waals surface area (Å²) in [5.41, 5.74) is -2.59. The van der Waals surface area contributed by atoms with Crippen LogP contribution in [-0.4, -0.2) is 19.5 Å². The Labute approximate surface area is 111 Å². The van der Waals surface area contributed by atoms with Crippen molar-refractivity contribution in [3.8, 4) is 6.07 Å². The van der Waals surface area contributed by atoms with E-state index < -0.39 is 20.1 Å². The van der Waals surface area contributed by atoms with Crippen LogP contribution in [0.3, 0.4) is 0 Å². The summed E-state index contributed by atoms with van der Waals surface area (Å²) in [7, 11) is -2.44. The lowest BCUT2D eigenvalue weighted by atomic mass is 9.96. The second kappa shape index (κ2) is 4.94. The third kappa shape index (κ3) is 3.55. The van der Waals surface area contributed by atoms with Crippen LogP contribution in [0.25, 0.3) is 0 Å². The number of rotatable bonds is 3. The number of hydrogen-bond acceptors (Lipinski definition) is 3. The van der Waals surface area contributed by atoms with Crippen LogP contribution in [-0.2, 0) is 10.0 Å². The Hall–Kier alpha value is -1.39. The van der Waals surface area contributed by atoms with Crippen LogP contribution in [0.1, 0.15) is 18.2 Å². The van der Waals surface area contributed by atoms with E-state index in [2.05, 4.69) is 4.98 Å². The van der Waals surface area contributed by atoms with Gasteiger partial charge in [0.25, 0.3) is 0 Å². The van der Waals surface area contributed by atoms with Gasteiger partial charge >= 0.3 is 6.18 Å². The summed E-state index contributed by atoms with van der Waals surface area (Å²) in [6, 6.07) is 4.08. The van der Waals surface area contributed by atoms with E-state index in [0.717, 1.165) is 13.0 Å². The molecule has 19 heavy (non-hydrogen) atoms. The topological polar surface area (TPSA) is 45.9 Å². The molecule has 1 atom stereocenters. The summed E-state index contributed by atoms with van der Waals surface area (Å²) >= 11 is 0. The van der Waals surface area contributed by atoms with Gasteiger partial charge in [-0.3, -0.25) is 0 Å². The third-order valence-electron chi connectivity index (χ3n) is 2.48. The van der Waals surface area contributed by atoms with E-state index in [1.54, 1.807) is 25.7 Å². The van der Waals surface area contributed by atoms with Gasteiger partial charge in [-0.05, 0) is 44.3 Å². The number of alkyl halides is 3. The van der Waals surface area contributed by atoms with E-state index in [1.807, 2.05) is 0 Å². The zero-order valence-corrected chi connectivity index (χ0v) is 12.2. The van der Waals surface area contributed by atoms with Gasteiger partial charge in [0.05, 0.1) is 0 Å². The molecule has 0 N–H and O–H groups in total. The zero-order valence-electron chi connectivity index (χ0n) is 11.2. The SMILES string of the molecule is CC(O[Si](C)(C)C)(c1ccnc(C#N)c1)C(F)(F)F. The molecule has 0 aliphatic carbocycles. The first kappa shape index (κ1) is 15.7. The highest BCUT2D eigenvalue weighted by molar-refractivity contribution is 6.69. The van der Waals surface area contributed by atoms with Crippen molar-refractivity contribution < 1.29 is 17.6 Å². The number of nitriles is 1. The highest BCUT2D eigenvalue weighted by Crippen LogP contribution is 2.43. The molecule has 0 amide bonds. The van der Waals surface area contributed by atoms with Gasteiger partial charge in [-0.15, -0.1) is 0 Å². The lowest BCUT2D eigenvalue weighted by molar-refractivity contribution is -0.250. The molecule has 1 aromatic rings. The number of nitrogens with zero attached hydrogens (tertiary/aromatic N) is 2. The second-order valence-electron chi connectivity index (χ2n) is 5.29. The molecule has 0 bridgehead atoms. The Bertz CT molecular complexity index is 505. The quantitative estimate of drug-likeness (QED) is 0.799. The average Bonchev–Trinajstić information content (AvgIpc) is 2.25. The first-order chi connectivity index (χ1) is 8.49. The Morgan fingerprint density at radius 2 is 1.89 bits per heavy atom. The van der Waals surface area contributed by atoms with E-state index in [0.29, 0.717) is 0 Å². The fraction of sp³-hybridized carbons (Fsp3) is 0.500. The molecule has 0 fully saturated rings. The minimum atomic E-state index is -4.57. The summed E-state index contributed by atoms with van der Waals surface area (Å²) < 4.78 is 45.4. The standard InChI is InChI=1S/C12H15F3N2OSi/c1-11(12(13,14)15,18-19(2,3)4)9-5-6-17-10(7-9)8-16/h5-7H,1-4H3. The molecule has 0 aliphatic heterocycles. The van der Waals surface area contributed by atoms with Crippen molar-refractivity contribution in [1.82, 2.24) is 4.98 Å². The van der Waals surface area contributed by atoms with Gasteiger partial charge in [0, 0.05) is 6.20 Å². The molecule has 0 radical (unpaired) electrons. The Morgan fingerprint density at radius 1 is 1.32 bits per heavy atom. The summed E-state index contributed by atoms with van der Waals surface area (Å²) in [6.45, 7) is 6.04. The van der Waals surface area contributed by atoms with Gasteiger partial charge in [-0.25, -0.2) is 4.98 Å². The lowest BCUT2D eigenvalue weighted by Gasteiger charge is -2.38. The number of halogens is 3. The molecule has 104 valence electrons. The van der Waals surface area contributed by atoms with Gasteiger partial charge in [0.15, 0.2) is 13.9 Å². The normalized spacial score (nSPS) is 15.7. The van der Waals surface area contributed by atoms with Crippen LogP contribution >= 0.6 is 0 Å². The Kier molecular flexibility index (Phi) is 4.07. The maximum atomic E-state index is 13.3. The molecule has 1 rings (SSSR count). The van der Waals surface area contributed by atoms with Crippen LogP contribution in [0.2, 0.25) is 19.6 Å². The first-order valence-electron chi connectivity index (χ1n) is 5.63. The molecule has 0 spiro atoms. The maximum absolute atomic E-state index is 13.3. The summed E-state index contributed by atoms with van der Waals surface area (Å²) in [6.07, 6.45) is -3.38. The molecule has 0 aliphatic rings. The number of hydrogen-bond donors (Lipinski definition) is 0. The van der Waals surface area contributed by atoms with Gasteiger partial charge in [0.2, 0.25) is 0 Å². The highest BCUT2D eigenvalue weighted by atomic mass is 28.4. The van der Waals surface area contributed by atoms with Gasteiger partial charge in [0.1, 0.15) is 11.8 Å². The fourth-order valence-corrected chi connectivity index (χ4v) is 3.14. The molecular weight excluding hydrogens is 273 g/mol. The van der Waals surface area contributed by atoms with E-state index >= 15 is 0 Å². The van der Waals surface area contributed by atoms with Crippen LogP contribution in [0.15, 0.2) is 18.3 Å². The summed E-state index contributed by atoms with van der Waals surface area (Å²) in [5.74, 6) is 0. The summed E-state index contributed by atoms with van der Waals surface area (Å²) in [5, 5.41) is 8.74. The Balaban J connectivity index is 3.36. The van der Waals surface area contributed by atoms with Crippen LogP contribution in [0, 0.1) is 11.3 Å². The molecule has 7 heteroatoms. The van der Waals surface area contributed by atoms with Crippen LogP contribution in [0.5, 0.6) is 0 Å². The monoisotopic (exact) mass is 288 g/mol. The predicted molar refractivity (Wildman–Crippen MR) is 66.8 cm³/mol. The largest absolute Gasteiger partial charge is 0.420 e. The van der Waals surface area contributed by atoms with E-state index in [4.69, 9.17) is 9.69 Å². The first-order valence-corrected chi connectivity index (χ1v) is 9.04. The molecule has 1 aromatic heterocycles.